The van der Waals surface area contributed by atoms with E-state index in [1.165, 1.54) is 40.3 Å². The van der Waals surface area contributed by atoms with E-state index in [2.05, 4.69) is 5.32 Å². The first-order valence-corrected chi connectivity index (χ1v) is 17.7. The molecule has 8 atom stereocenters. The average Bonchev–Trinajstić information content (AvgIpc) is 3.67. The van der Waals surface area contributed by atoms with E-state index < -0.39 is 62.3 Å². The Kier molecular flexibility index (Phi) is 15.0. The van der Waals surface area contributed by atoms with Crippen molar-refractivity contribution in [3.63, 3.8) is 0 Å². The number of rotatable bonds is 10. The van der Waals surface area contributed by atoms with Crippen LogP contribution in [-0.4, -0.2) is 111 Å². The number of aromatic nitrogens is 2. The van der Waals surface area contributed by atoms with Crippen molar-refractivity contribution in [3.05, 3.63) is 119 Å². The summed E-state index contributed by atoms with van der Waals surface area (Å²) in [5.41, 5.74) is 3.75. The molecule has 0 radical (unpaired) electrons. The fourth-order valence-corrected chi connectivity index (χ4v) is 6.26. The lowest BCUT2D eigenvalue weighted by molar-refractivity contribution is -0.766. The molecule has 2 aliphatic rings. The summed E-state index contributed by atoms with van der Waals surface area (Å²) in [6.45, 7) is 3.90. The number of amides is 2. The Morgan fingerprint density at radius 1 is 0.684 bits per heavy atom. The van der Waals surface area contributed by atoms with Crippen LogP contribution in [0.25, 0.3) is 0 Å². The molecule has 16 heteroatoms. The fraction of sp³-hybridized carbons (Fsp3) is 0.366. The summed E-state index contributed by atoms with van der Waals surface area (Å²) in [6, 6.07) is 18.2. The molecule has 2 aromatic heterocycles. The molecule has 16 nitrogen and oxygen atoms in total. The zero-order valence-corrected chi connectivity index (χ0v) is 31.2. The Hall–Kier alpha value is -5.30. The van der Waals surface area contributed by atoms with E-state index in [4.69, 9.17) is 9.47 Å². The van der Waals surface area contributed by atoms with Crippen molar-refractivity contribution in [3.8, 4) is 0 Å². The predicted molar refractivity (Wildman–Crippen MR) is 204 cm³/mol. The Bertz CT molecular complexity index is 2060. The predicted octanol–water partition coefficient (Wildman–Crippen LogP) is 1.05. The molecule has 4 aromatic rings. The van der Waals surface area contributed by atoms with Crippen LogP contribution in [-0.2, 0) is 9.47 Å². The number of benzene rings is 2. The molecule has 0 saturated carbocycles. The molecule has 2 amide bonds. The number of aliphatic hydroxyl groups excluding tert-OH is 6. The number of carbonyl (C=O) groups excluding carboxylic acids is 4. The van der Waals surface area contributed by atoms with Crippen LogP contribution < -0.4 is 19.4 Å². The normalized spacial score (nSPS) is 23.8. The van der Waals surface area contributed by atoms with Gasteiger partial charge in [-0.15, -0.1) is 0 Å². The van der Waals surface area contributed by atoms with Crippen molar-refractivity contribution >= 4 is 34.8 Å². The SMILES string of the molecule is C.CC(=O)c1ccc(N(C)C(=O)c2ccc[n+]([C@@H]3O[C@H](CO)[C@@H](O)[C@H]3O)c2)cc1.CC(=O)c1ccc(NC(=O)c2ccc[n+]([C@@H]3O[C@H](CO)[C@@H](O)[C@H]3O)c2)c(C)c1. The van der Waals surface area contributed by atoms with Gasteiger partial charge < -0.3 is 50.3 Å². The number of ketones is 2. The van der Waals surface area contributed by atoms with Crippen LogP contribution in [0.5, 0.6) is 0 Å². The zero-order chi connectivity index (χ0) is 40.8. The molecular weight excluding hydrogens is 740 g/mol. The zero-order valence-electron chi connectivity index (χ0n) is 31.2. The number of nitrogens with zero attached hydrogens (tertiary/aromatic N) is 3. The first-order chi connectivity index (χ1) is 26.6. The molecular formula is C41H50N4O12+2. The van der Waals surface area contributed by atoms with E-state index in [-0.39, 0.29) is 30.8 Å². The van der Waals surface area contributed by atoms with Crippen molar-refractivity contribution in [1.29, 1.82) is 0 Å². The quantitative estimate of drug-likeness (QED) is 0.0884. The van der Waals surface area contributed by atoms with Gasteiger partial charge in [-0.2, -0.15) is 9.13 Å². The lowest BCUT2D eigenvalue weighted by atomic mass is 10.1. The van der Waals surface area contributed by atoms with E-state index in [0.717, 1.165) is 5.56 Å². The summed E-state index contributed by atoms with van der Waals surface area (Å²) < 4.78 is 13.9. The van der Waals surface area contributed by atoms with E-state index in [1.807, 2.05) is 0 Å². The van der Waals surface area contributed by atoms with Gasteiger partial charge in [0.2, 0.25) is 0 Å². The molecule has 0 spiro atoms. The first-order valence-electron chi connectivity index (χ1n) is 17.7. The van der Waals surface area contributed by atoms with Gasteiger partial charge >= 0.3 is 0 Å². The highest BCUT2D eigenvalue weighted by atomic mass is 16.6. The Morgan fingerprint density at radius 3 is 1.61 bits per heavy atom. The van der Waals surface area contributed by atoms with Crippen molar-refractivity contribution in [2.75, 3.05) is 30.5 Å². The highest BCUT2D eigenvalue weighted by Gasteiger charge is 2.49. The van der Waals surface area contributed by atoms with Crippen LogP contribution in [0.4, 0.5) is 11.4 Å². The third kappa shape index (κ3) is 9.99. The standard InChI is InChI=1S/C20H23N2O6.C20H22N2O6.CH4/c1-12(24)13-5-7-15(8-6-13)21(2)19(27)14-4-3-9-22(10-14)20-18(26)17(25)16(11-23)28-20;1-11-8-13(12(2)24)5-6-15(11)21-19(27)14-4-3-7-22(9-14)20-18(26)17(25)16(10-23)28-20;/h3-10,16-18,20,23,25-26H,11H2,1-2H3;3-9,16-18,20,23,25-26H,10H2,1-2H3;1H4/q+1;;/p+1/t2*16-,17-,18-,20-;/m11./s1. The number of hydrogen-bond donors (Lipinski definition) is 7. The van der Waals surface area contributed by atoms with Crippen molar-refractivity contribution in [2.45, 2.75) is 77.3 Å². The van der Waals surface area contributed by atoms with Crippen molar-refractivity contribution < 1.29 is 68.4 Å². The van der Waals surface area contributed by atoms with Gasteiger partial charge in [0.05, 0.1) is 13.2 Å². The molecule has 2 aromatic carbocycles. The van der Waals surface area contributed by atoms with Crippen LogP contribution in [0.15, 0.2) is 91.5 Å². The number of pyridine rings is 2. The van der Waals surface area contributed by atoms with Gasteiger partial charge in [-0.3, -0.25) is 19.2 Å². The van der Waals surface area contributed by atoms with Gasteiger partial charge in [-0.1, -0.05) is 7.43 Å². The molecule has 0 bridgehead atoms. The smallest absolute Gasteiger partial charge is 0.292 e. The Morgan fingerprint density at radius 2 is 1.16 bits per heavy atom. The van der Waals surface area contributed by atoms with E-state index in [0.29, 0.717) is 33.6 Å². The monoisotopic (exact) mass is 790 g/mol. The number of nitrogens with one attached hydrogen (secondary N) is 1. The Balaban J connectivity index is 0.000000248. The molecule has 57 heavy (non-hydrogen) atoms. The maximum Gasteiger partial charge on any atom is 0.292 e. The van der Waals surface area contributed by atoms with Crippen LogP contribution in [0.1, 0.15) is 80.7 Å². The average molecular weight is 791 g/mol. The molecule has 6 rings (SSSR count). The second kappa shape index (κ2) is 19.2. The summed E-state index contributed by atoms with van der Waals surface area (Å²) in [6.07, 6.45) is -2.31. The second-order valence-electron chi connectivity index (χ2n) is 13.5. The minimum absolute atomic E-state index is 0. The van der Waals surface area contributed by atoms with Crippen LogP contribution in [0.3, 0.4) is 0 Å². The van der Waals surface area contributed by atoms with E-state index in [9.17, 15) is 49.8 Å². The maximum atomic E-state index is 12.9. The summed E-state index contributed by atoms with van der Waals surface area (Å²) in [7, 11) is 1.62. The molecule has 0 aliphatic carbocycles. The van der Waals surface area contributed by atoms with Crippen LogP contribution >= 0.6 is 0 Å². The molecule has 2 fully saturated rings. The van der Waals surface area contributed by atoms with Gasteiger partial charge in [0.1, 0.15) is 35.5 Å². The minimum atomic E-state index is -1.23. The summed E-state index contributed by atoms with van der Waals surface area (Å²) in [5, 5.41) is 61.4. The summed E-state index contributed by atoms with van der Waals surface area (Å²) >= 11 is 0. The number of hydrogen-bond acceptors (Lipinski definition) is 12. The molecule has 7 N–H and O–H groups in total. The third-order valence-corrected chi connectivity index (χ3v) is 9.62. The van der Waals surface area contributed by atoms with Crippen LogP contribution in [0.2, 0.25) is 0 Å². The Labute approximate surface area is 329 Å². The first kappa shape index (κ1) is 44.4. The molecule has 304 valence electrons. The third-order valence-electron chi connectivity index (χ3n) is 9.62. The lowest BCUT2D eigenvalue weighted by Crippen LogP contribution is -2.46. The van der Waals surface area contributed by atoms with Gasteiger partial charge in [0.15, 0.2) is 48.6 Å². The maximum absolute atomic E-state index is 12.9. The van der Waals surface area contributed by atoms with E-state index in [1.54, 1.807) is 93.1 Å². The van der Waals surface area contributed by atoms with Crippen molar-refractivity contribution in [2.24, 2.45) is 0 Å². The number of ether oxygens (including phenoxy) is 2. The highest BCUT2D eigenvalue weighted by Crippen LogP contribution is 2.27. The van der Waals surface area contributed by atoms with Gasteiger partial charge in [-0.25, -0.2) is 0 Å². The fourth-order valence-electron chi connectivity index (χ4n) is 6.26. The molecule has 2 saturated heterocycles. The van der Waals surface area contributed by atoms with Gasteiger partial charge in [0.25, 0.3) is 24.3 Å². The second-order valence-corrected chi connectivity index (χ2v) is 13.5. The summed E-state index contributed by atoms with van der Waals surface area (Å²) in [4.78, 5) is 49.8. The van der Waals surface area contributed by atoms with Crippen molar-refractivity contribution in [1.82, 2.24) is 0 Å². The van der Waals surface area contributed by atoms with E-state index >= 15 is 0 Å². The highest BCUT2D eigenvalue weighted by molar-refractivity contribution is 6.06. The topological polar surface area (TPSA) is 231 Å². The largest absolute Gasteiger partial charge is 0.394 e. The molecule has 0 unspecified atom stereocenters. The molecule has 2 aliphatic heterocycles. The molecule has 4 heterocycles. The van der Waals surface area contributed by atoms with Gasteiger partial charge in [-0.05, 0) is 80.9 Å². The number of carbonyl (C=O) groups is 4. The lowest BCUT2D eigenvalue weighted by Gasteiger charge is -2.17. The number of aliphatic hydroxyl groups is 6. The number of Topliss-reactive ketones (excluding diaryl/α,β-unsaturated/α-hetero) is 2. The van der Waals surface area contributed by atoms with Gasteiger partial charge in [0, 0.05) is 41.7 Å². The minimum Gasteiger partial charge on any atom is -0.394 e. The van der Waals surface area contributed by atoms with Crippen LogP contribution in [0, 0.1) is 6.92 Å². The number of aryl methyl sites for hydroxylation is 1. The summed E-state index contributed by atoms with van der Waals surface area (Å²) in [5.74, 6) is -0.775. The number of anilines is 2.